The van der Waals surface area contributed by atoms with E-state index < -0.39 is 6.61 Å². The summed E-state index contributed by atoms with van der Waals surface area (Å²) in [6.07, 6.45) is 2.83. The van der Waals surface area contributed by atoms with Gasteiger partial charge in [0.05, 0.1) is 13.7 Å². The number of halogens is 2. The summed E-state index contributed by atoms with van der Waals surface area (Å²) >= 11 is 0. The van der Waals surface area contributed by atoms with E-state index in [0.29, 0.717) is 12.1 Å². The van der Waals surface area contributed by atoms with E-state index in [1.807, 2.05) is 13.8 Å². The molecule has 0 fully saturated rings. The first-order chi connectivity index (χ1) is 12.3. The highest BCUT2D eigenvalue weighted by molar-refractivity contribution is 5.94. The van der Waals surface area contributed by atoms with Crippen LogP contribution in [0.5, 0.6) is 11.5 Å². The Morgan fingerprint density at radius 1 is 1.27 bits per heavy atom. The summed E-state index contributed by atoms with van der Waals surface area (Å²) in [5.41, 5.74) is 0.569. The lowest BCUT2D eigenvalue weighted by molar-refractivity contribution is -0.132. The van der Waals surface area contributed by atoms with E-state index in [0.717, 1.165) is 0 Å². The zero-order chi connectivity index (χ0) is 19.7. The van der Waals surface area contributed by atoms with Crippen molar-refractivity contribution in [1.29, 1.82) is 0 Å². The number of ether oxygens (including phenoxy) is 2. The Morgan fingerprint density at radius 3 is 2.50 bits per heavy atom. The molecule has 1 aromatic carbocycles. The Kier molecular flexibility index (Phi) is 8.54. The van der Waals surface area contributed by atoms with E-state index >= 15 is 0 Å². The topological polar surface area (TPSA) is 67.9 Å². The molecule has 0 aliphatic carbocycles. The largest absolute Gasteiger partial charge is 0.493 e. The van der Waals surface area contributed by atoms with Gasteiger partial charge in [0.1, 0.15) is 0 Å². The van der Waals surface area contributed by atoms with E-state index in [9.17, 15) is 18.4 Å². The van der Waals surface area contributed by atoms with Crippen molar-refractivity contribution in [2.75, 3.05) is 20.2 Å². The lowest BCUT2D eigenvalue weighted by Crippen LogP contribution is -2.42. The summed E-state index contributed by atoms with van der Waals surface area (Å²) in [7, 11) is 1.33. The number of likely N-dealkylation sites (N-methyl/N-ethyl adjacent to an activating group) is 1. The minimum Gasteiger partial charge on any atom is -0.493 e. The molecule has 0 spiro atoms. The number of amides is 2. The van der Waals surface area contributed by atoms with E-state index in [1.54, 1.807) is 6.92 Å². The first-order valence-electron chi connectivity index (χ1n) is 8.16. The molecule has 1 rings (SSSR count). The normalized spacial score (nSPS) is 11.1. The Balaban J connectivity index is 2.81. The van der Waals surface area contributed by atoms with Crippen LogP contribution in [0.3, 0.4) is 0 Å². The number of rotatable bonds is 9. The van der Waals surface area contributed by atoms with E-state index in [4.69, 9.17) is 4.74 Å². The van der Waals surface area contributed by atoms with Gasteiger partial charge in [0, 0.05) is 18.7 Å². The third-order valence-corrected chi connectivity index (χ3v) is 3.30. The molecule has 1 aromatic rings. The Morgan fingerprint density at radius 2 is 1.96 bits per heavy atom. The number of alkyl halides is 2. The molecule has 0 saturated heterocycles. The Labute approximate surface area is 151 Å². The van der Waals surface area contributed by atoms with Crippen molar-refractivity contribution in [1.82, 2.24) is 10.2 Å². The van der Waals surface area contributed by atoms with Gasteiger partial charge in [-0.3, -0.25) is 9.59 Å². The number of hydrogen-bond acceptors (Lipinski definition) is 4. The molecule has 6 nitrogen and oxygen atoms in total. The van der Waals surface area contributed by atoms with Gasteiger partial charge in [0.2, 0.25) is 11.8 Å². The third kappa shape index (κ3) is 7.08. The van der Waals surface area contributed by atoms with Crippen LogP contribution in [0, 0.1) is 0 Å². The molecule has 0 aliphatic heterocycles. The van der Waals surface area contributed by atoms with Crippen molar-refractivity contribution in [3.63, 3.8) is 0 Å². The second-order valence-corrected chi connectivity index (χ2v) is 5.70. The first-order valence-corrected chi connectivity index (χ1v) is 8.16. The number of nitrogens with zero attached hydrogens (tertiary/aromatic N) is 1. The fraction of sp³-hybridized carbons (Fsp3) is 0.444. The second kappa shape index (κ2) is 10.4. The fourth-order valence-corrected chi connectivity index (χ4v) is 2.14. The van der Waals surface area contributed by atoms with E-state index in [2.05, 4.69) is 10.1 Å². The summed E-state index contributed by atoms with van der Waals surface area (Å²) < 4.78 is 34.0. The average molecular weight is 370 g/mol. The van der Waals surface area contributed by atoms with Gasteiger partial charge < -0.3 is 19.7 Å². The maximum Gasteiger partial charge on any atom is 0.387 e. The van der Waals surface area contributed by atoms with Crippen molar-refractivity contribution < 1.29 is 27.8 Å². The van der Waals surface area contributed by atoms with Gasteiger partial charge in [0.15, 0.2) is 11.5 Å². The fourth-order valence-electron chi connectivity index (χ4n) is 2.14. The lowest BCUT2D eigenvalue weighted by Gasteiger charge is -2.19. The highest BCUT2D eigenvalue weighted by Gasteiger charge is 2.14. The molecule has 0 unspecified atom stereocenters. The molecule has 0 atom stereocenters. The molecule has 0 saturated carbocycles. The highest BCUT2D eigenvalue weighted by atomic mass is 19.3. The predicted molar refractivity (Wildman–Crippen MR) is 94.2 cm³/mol. The van der Waals surface area contributed by atoms with Crippen molar-refractivity contribution in [3.05, 3.63) is 29.8 Å². The molecule has 144 valence electrons. The smallest absolute Gasteiger partial charge is 0.387 e. The van der Waals surface area contributed by atoms with Crippen LogP contribution in [0.2, 0.25) is 0 Å². The zero-order valence-electron chi connectivity index (χ0n) is 15.3. The maximum atomic E-state index is 12.3. The van der Waals surface area contributed by atoms with Gasteiger partial charge in [0.25, 0.3) is 0 Å². The maximum absolute atomic E-state index is 12.3. The van der Waals surface area contributed by atoms with Gasteiger partial charge in [-0.25, -0.2) is 0 Å². The molecule has 26 heavy (non-hydrogen) atoms. The molecule has 0 aromatic heterocycles. The van der Waals surface area contributed by atoms with Crippen molar-refractivity contribution >= 4 is 17.9 Å². The number of carbonyl (C=O) groups is 2. The molecule has 0 aliphatic rings. The summed E-state index contributed by atoms with van der Waals surface area (Å²) in [6.45, 7) is 2.83. The van der Waals surface area contributed by atoms with Gasteiger partial charge in [-0.2, -0.15) is 8.78 Å². The third-order valence-electron chi connectivity index (χ3n) is 3.30. The molecular formula is C18H24F2N2O4. The van der Waals surface area contributed by atoms with Crippen LogP contribution in [0.1, 0.15) is 26.3 Å². The van der Waals surface area contributed by atoms with E-state index in [1.165, 1.54) is 42.4 Å². The highest BCUT2D eigenvalue weighted by Crippen LogP contribution is 2.29. The SMILES string of the molecule is CCN(CC(=O)NC(C)C)C(=O)/C=C/c1ccc(OC(F)F)c(OC)c1. The summed E-state index contributed by atoms with van der Waals surface area (Å²) in [5.74, 6) is -0.535. The molecule has 1 N–H and O–H groups in total. The van der Waals surface area contributed by atoms with Crippen molar-refractivity contribution in [2.45, 2.75) is 33.4 Å². The number of benzene rings is 1. The zero-order valence-corrected chi connectivity index (χ0v) is 15.3. The van der Waals surface area contributed by atoms with Crippen LogP contribution in [-0.4, -0.2) is 49.6 Å². The first kappa shape index (κ1) is 21.4. The quantitative estimate of drug-likeness (QED) is 0.679. The standard InChI is InChI=1S/C18H24F2N2O4/c1-5-22(11-16(23)21-12(2)3)17(24)9-7-13-6-8-14(26-18(19)20)15(10-13)25-4/h6-10,12,18H,5,11H2,1-4H3,(H,21,23)/b9-7+. The Hall–Kier alpha value is -2.64. The summed E-state index contributed by atoms with van der Waals surface area (Å²) in [5, 5.41) is 2.72. The van der Waals surface area contributed by atoms with E-state index in [-0.39, 0.29) is 35.9 Å². The van der Waals surface area contributed by atoms with Gasteiger partial charge in [-0.1, -0.05) is 6.07 Å². The van der Waals surface area contributed by atoms with Crippen LogP contribution < -0.4 is 14.8 Å². The molecule has 8 heteroatoms. The number of methoxy groups -OCH3 is 1. The van der Waals surface area contributed by atoms with Crippen molar-refractivity contribution in [2.24, 2.45) is 0 Å². The minimum absolute atomic E-state index is 0.00622. The second-order valence-electron chi connectivity index (χ2n) is 5.70. The molecular weight excluding hydrogens is 346 g/mol. The lowest BCUT2D eigenvalue weighted by atomic mass is 10.2. The van der Waals surface area contributed by atoms with Crippen molar-refractivity contribution in [3.8, 4) is 11.5 Å². The molecule has 0 bridgehead atoms. The summed E-state index contributed by atoms with van der Waals surface area (Å²) in [6, 6.07) is 4.32. The number of hydrogen-bond donors (Lipinski definition) is 1. The predicted octanol–water partition coefficient (Wildman–Crippen LogP) is 2.68. The minimum atomic E-state index is -2.96. The van der Waals surface area contributed by atoms with Crippen LogP contribution in [0.4, 0.5) is 8.78 Å². The molecule has 0 radical (unpaired) electrons. The van der Waals surface area contributed by atoms with Crippen LogP contribution in [0.15, 0.2) is 24.3 Å². The van der Waals surface area contributed by atoms with Gasteiger partial charge in [-0.15, -0.1) is 0 Å². The van der Waals surface area contributed by atoms with Gasteiger partial charge >= 0.3 is 6.61 Å². The Bertz CT molecular complexity index is 648. The van der Waals surface area contributed by atoms with Crippen LogP contribution >= 0.6 is 0 Å². The monoisotopic (exact) mass is 370 g/mol. The number of nitrogens with one attached hydrogen (secondary N) is 1. The molecule has 2 amide bonds. The van der Waals surface area contributed by atoms with Crippen LogP contribution in [-0.2, 0) is 9.59 Å². The van der Waals surface area contributed by atoms with Crippen LogP contribution in [0.25, 0.3) is 6.08 Å². The van der Waals surface area contributed by atoms with Gasteiger partial charge in [-0.05, 0) is 44.5 Å². The number of carbonyl (C=O) groups excluding carboxylic acids is 2. The molecule has 0 heterocycles. The summed E-state index contributed by atoms with van der Waals surface area (Å²) in [4.78, 5) is 25.4. The average Bonchev–Trinajstić information content (AvgIpc) is 2.57.